The van der Waals surface area contributed by atoms with Gasteiger partial charge in [-0.3, -0.25) is 0 Å². The number of nitrogens with zero attached hydrogens (tertiary/aromatic N) is 2. The topological polar surface area (TPSA) is 48.2 Å². The van der Waals surface area contributed by atoms with Gasteiger partial charge in [-0.2, -0.15) is 4.98 Å². The molecule has 0 unspecified atom stereocenters. The van der Waals surface area contributed by atoms with Crippen LogP contribution in [-0.4, -0.2) is 10.1 Å². The summed E-state index contributed by atoms with van der Waals surface area (Å²) in [5.74, 6) is 1.82. The van der Waals surface area contributed by atoms with E-state index in [1.165, 1.54) is 12.1 Å². The molecule has 5 heteroatoms. The first-order chi connectivity index (χ1) is 8.72. The number of halogens is 1. The fourth-order valence-electron chi connectivity index (χ4n) is 1.70. The van der Waals surface area contributed by atoms with Gasteiger partial charge in [-0.05, 0) is 31.4 Å². The molecule has 0 radical (unpaired) electrons. The molecule has 0 spiro atoms. The van der Waals surface area contributed by atoms with Crippen LogP contribution in [-0.2, 0) is 6.61 Å². The Bertz CT molecular complexity index is 564. The van der Waals surface area contributed by atoms with E-state index in [4.69, 9.17) is 9.26 Å². The minimum absolute atomic E-state index is 0.171. The summed E-state index contributed by atoms with van der Waals surface area (Å²) in [7, 11) is 0. The fourth-order valence-corrected chi connectivity index (χ4v) is 1.70. The molecular formula is C13H13FN2O2. The molecule has 0 amide bonds. The Morgan fingerprint density at radius 1 is 1.44 bits per heavy atom. The number of rotatable bonds is 4. The summed E-state index contributed by atoms with van der Waals surface area (Å²) in [6.07, 6.45) is 2.26. The molecular weight excluding hydrogens is 235 g/mol. The maximum atomic E-state index is 13.1. The molecule has 1 aliphatic rings. The third kappa shape index (κ3) is 2.34. The zero-order valence-electron chi connectivity index (χ0n) is 10.0. The predicted octanol–water partition coefficient (Wildman–Crippen LogP) is 2.97. The van der Waals surface area contributed by atoms with Crippen molar-refractivity contribution in [3.8, 4) is 5.75 Å². The molecule has 1 saturated carbocycles. The lowest BCUT2D eigenvalue weighted by molar-refractivity contribution is 0.240. The Hall–Kier alpha value is -1.91. The molecule has 1 aromatic heterocycles. The van der Waals surface area contributed by atoms with Gasteiger partial charge in [0.05, 0.1) is 0 Å². The summed E-state index contributed by atoms with van der Waals surface area (Å²) in [5.41, 5.74) is 0.873. The predicted molar refractivity (Wildman–Crippen MR) is 61.7 cm³/mol. The number of hydrogen-bond acceptors (Lipinski definition) is 4. The van der Waals surface area contributed by atoms with Gasteiger partial charge in [0.15, 0.2) is 12.4 Å². The van der Waals surface area contributed by atoms with Crippen molar-refractivity contribution in [3.05, 3.63) is 41.3 Å². The third-order valence-electron chi connectivity index (χ3n) is 2.93. The van der Waals surface area contributed by atoms with Crippen LogP contribution in [0.25, 0.3) is 0 Å². The first kappa shape index (κ1) is 11.2. The number of hydrogen-bond donors (Lipinski definition) is 0. The summed E-state index contributed by atoms with van der Waals surface area (Å²) in [5, 5.41) is 3.89. The van der Waals surface area contributed by atoms with Crippen LogP contribution in [0, 0.1) is 12.7 Å². The normalized spacial score (nSPS) is 14.8. The zero-order valence-corrected chi connectivity index (χ0v) is 10.0. The molecule has 3 rings (SSSR count). The summed E-state index contributed by atoms with van der Waals surface area (Å²) in [6, 6.07) is 4.43. The van der Waals surface area contributed by atoms with Crippen molar-refractivity contribution in [3.63, 3.8) is 0 Å². The lowest BCUT2D eigenvalue weighted by atomic mass is 10.2. The van der Waals surface area contributed by atoms with Gasteiger partial charge in [-0.1, -0.05) is 11.2 Å². The van der Waals surface area contributed by atoms with Crippen molar-refractivity contribution in [1.82, 2.24) is 10.1 Å². The Kier molecular flexibility index (Phi) is 2.74. The second kappa shape index (κ2) is 4.40. The standard InChI is InChI=1S/C13H13FN2O2/c1-8-2-5-10(14)6-11(8)17-7-12-15-13(16-18-12)9-3-4-9/h2,5-6,9H,3-4,7H2,1H3. The van der Waals surface area contributed by atoms with Crippen molar-refractivity contribution >= 4 is 0 Å². The van der Waals surface area contributed by atoms with Crippen LogP contribution < -0.4 is 4.74 Å². The minimum Gasteiger partial charge on any atom is -0.483 e. The van der Waals surface area contributed by atoms with Gasteiger partial charge in [0.2, 0.25) is 0 Å². The van der Waals surface area contributed by atoms with Gasteiger partial charge in [0.25, 0.3) is 5.89 Å². The van der Waals surface area contributed by atoms with Crippen molar-refractivity contribution in [1.29, 1.82) is 0 Å². The Morgan fingerprint density at radius 3 is 3.06 bits per heavy atom. The van der Waals surface area contributed by atoms with E-state index in [-0.39, 0.29) is 12.4 Å². The maximum Gasteiger partial charge on any atom is 0.264 e. The van der Waals surface area contributed by atoms with Crippen molar-refractivity contribution in [2.45, 2.75) is 32.3 Å². The van der Waals surface area contributed by atoms with Crippen LogP contribution in [0.5, 0.6) is 5.75 Å². The van der Waals surface area contributed by atoms with Crippen LogP contribution in [0.2, 0.25) is 0 Å². The van der Waals surface area contributed by atoms with E-state index in [9.17, 15) is 4.39 Å². The van der Waals surface area contributed by atoms with Crippen molar-refractivity contribution < 1.29 is 13.7 Å². The molecule has 1 fully saturated rings. The van der Waals surface area contributed by atoms with E-state index in [2.05, 4.69) is 10.1 Å². The van der Waals surface area contributed by atoms with Crippen LogP contribution in [0.1, 0.15) is 36.0 Å². The molecule has 0 saturated heterocycles. The third-order valence-corrected chi connectivity index (χ3v) is 2.93. The quantitative estimate of drug-likeness (QED) is 0.834. The fraction of sp³-hybridized carbons (Fsp3) is 0.385. The second-order valence-electron chi connectivity index (χ2n) is 4.52. The number of aryl methyl sites for hydroxylation is 1. The van der Waals surface area contributed by atoms with Crippen LogP contribution >= 0.6 is 0 Å². The van der Waals surface area contributed by atoms with Gasteiger partial charge in [0, 0.05) is 12.0 Å². The first-order valence-corrected chi connectivity index (χ1v) is 5.94. The molecule has 18 heavy (non-hydrogen) atoms. The maximum absolute atomic E-state index is 13.1. The van der Waals surface area contributed by atoms with E-state index in [0.29, 0.717) is 17.6 Å². The summed E-state index contributed by atoms with van der Waals surface area (Å²) in [4.78, 5) is 4.24. The molecule has 0 bridgehead atoms. The summed E-state index contributed by atoms with van der Waals surface area (Å²) >= 11 is 0. The molecule has 2 aromatic rings. The molecule has 1 aliphatic carbocycles. The Labute approximate surface area is 104 Å². The number of benzene rings is 1. The first-order valence-electron chi connectivity index (χ1n) is 5.94. The molecule has 4 nitrogen and oxygen atoms in total. The SMILES string of the molecule is Cc1ccc(F)cc1OCc1nc(C2CC2)no1. The van der Waals surface area contributed by atoms with Gasteiger partial charge < -0.3 is 9.26 Å². The highest BCUT2D eigenvalue weighted by Crippen LogP contribution is 2.38. The molecule has 94 valence electrons. The average molecular weight is 248 g/mol. The van der Waals surface area contributed by atoms with Gasteiger partial charge >= 0.3 is 0 Å². The monoisotopic (exact) mass is 248 g/mol. The second-order valence-corrected chi connectivity index (χ2v) is 4.52. The van der Waals surface area contributed by atoms with E-state index >= 15 is 0 Å². The highest BCUT2D eigenvalue weighted by molar-refractivity contribution is 5.32. The lowest BCUT2D eigenvalue weighted by Gasteiger charge is -2.06. The van der Waals surface area contributed by atoms with E-state index in [0.717, 1.165) is 24.2 Å². The van der Waals surface area contributed by atoms with Gasteiger partial charge in [0.1, 0.15) is 11.6 Å². The largest absolute Gasteiger partial charge is 0.483 e. The zero-order chi connectivity index (χ0) is 12.5. The van der Waals surface area contributed by atoms with Crippen LogP contribution in [0.15, 0.2) is 22.7 Å². The number of aromatic nitrogens is 2. The Morgan fingerprint density at radius 2 is 2.28 bits per heavy atom. The van der Waals surface area contributed by atoms with Crippen LogP contribution in [0.3, 0.4) is 0 Å². The number of ether oxygens (including phenoxy) is 1. The van der Waals surface area contributed by atoms with Crippen molar-refractivity contribution in [2.75, 3.05) is 0 Å². The van der Waals surface area contributed by atoms with Gasteiger partial charge in [-0.15, -0.1) is 0 Å². The van der Waals surface area contributed by atoms with Gasteiger partial charge in [-0.25, -0.2) is 4.39 Å². The molecule has 0 atom stereocenters. The smallest absolute Gasteiger partial charge is 0.264 e. The highest BCUT2D eigenvalue weighted by Gasteiger charge is 2.28. The Balaban J connectivity index is 1.67. The highest BCUT2D eigenvalue weighted by atomic mass is 19.1. The van der Waals surface area contributed by atoms with Crippen LogP contribution in [0.4, 0.5) is 4.39 Å². The van der Waals surface area contributed by atoms with E-state index in [1.807, 2.05) is 6.92 Å². The molecule has 1 heterocycles. The minimum atomic E-state index is -0.320. The van der Waals surface area contributed by atoms with E-state index in [1.54, 1.807) is 6.07 Å². The average Bonchev–Trinajstić information content (AvgIpc) is 3.10. The molecule has 0 N–H and O–H groups in total. The van der Waals surface area contributed by atoms with E-state index < -0.39 is 0 Å². The molecule has 0 aliphatic heterocycles. The summed E-state index contributed by atoms with van der Waals surface area (Å²) < 4.78 is 23.6. The van der Waals surface area contributed by atoms with Crippen molar-refractivity contribution in [2.24, 2.45) is 0 Å². The summed E-state index contributed by atoms with van der Waals surface area (Å²) in [6.45, 7) is 2.03. The lowest BCUT2D eigenvalue weighted by Crippen LogP contribution is -1.98. The molecule has 1 aromatic carbocycles.